The lowest BCUT2D eigenvalue weighted by Gasteiger charge is -2.11. The van der Waals surface area contributed by atoms with Gasteiger partial charge in [-0.25, -0.2) is 4.79 Å². The fraction of sp³-hybridized carbons (Fsp3) is 0.556. The van der Waals surface area contributed by atoms with E-state index in [-0.39, 0.29) is 12.2 Å². The third-order valence-corrected chi connectivity index (χ3v) is 2.09. The molecule has 1 heterocycles. The van der Waals surface area contributed by atoms with Crippen LogP contribution in [0.1, 0.15) is 5.56 Å². The average molecular weight is 212 g/mol. The molecule has 1 aromatic rings. The highest BCUT2D eigenvalue weighted by Gasteiger charge is 2.02. The monoisotopic (exact) mass is 212 g/mol. The van der Waals surface area contributed by atoms with Gasteiger partial charge in [-0.05, 0) is 14.1 Å². The van der Waals surface area contributed by atoms with Crippen LogP contribution in [0.4, 0.5) is 0 Å². The Morgan fingerprint density at radius 2 is 2.13 bits per heavy atom. The van der Waals surface area contributed by atoms with Crippen LogP contribution in [0.5, 0.6) is 0 Å². The molecule has 0 bridgehead atoms. The number of H-pyrrole nitrogens is 1. The first-order chi connectivity index (χ1) is 7.04. The molecule has 0 saturated heterocycles. The fourth-order valence-electron chi connectivity index (χ4n) is 1.17. The Kier molecular flexibility index (Phi) is 3.81. The normalized spacial score (nSPS) is 10.9. The molecule has 1 aromatic heterocycles. The van der Waals surface area contributed by atoms with Crippen molar-refractivity contribution in [2.75, 3.05) is 20.6 Å². The van der Waals surface area contributed by atoms with Gasteiger partial charge >= 0.3 is 5.69 Å². The number of hydrogen-bond acceptors (Lipinski definition) is 4. The molecule has 0 unspecified atom stereocenters. The largest absolute Gasteiger partial charge is 0.328 e. The van der Waals surface area contributed by atoms with E-state index in [4.69, 9.17) is 5.73 Å². The lowest BCUT2D eigenvalue weighted by molar-refractivity contribution is 0.378. The summed E-state index contributed by atoms with van der Waals surface area (Å²) in [6.45, 7) is 1.41. The fourth-order valence-corrected chi connectivity index (χ4v) is 1.17. The number of nitrogens with two attached hydrogens (primary N) is 1. The van der Waals surface area contributed by atoms with E-state index < -0.39 is 5.56 Å². The van der Waals surface area contributed by atoms with Gasteiger partial charge in [-0.3, -0.25) is 14.3 Å². The molecule has 0 aliphatic heterocycles. The van der Waals surface area contributed by atoms with Crippen molar-refractivity contribution in [2.24, 2.45) is 5.73 Å². The topological polar surface area (TPSA) is 84.1 Å². The molecule has 0 fully saturated rings. The van der Waals surface area contributed by atoms with Crippen LogP contribution >= 0.6 is 0 Å². The molecule has 0 aromatic carbocycles. The number of aromatic nitrogens is 2. The molecule has 6 nitrogen and oxygen atoms in total. The van der Waals surface area contributed by atoms with Gasteiger partial charge in [0.15, 0.2) is 0 Å². The van der Waals surface area contributed by atoms with Crippen molar-refractivity contribution in [3.63, 3.8) is 0 Å². The first kappa shape index (κ1) is 11.7. The van der Waals surface area contributed by atoms with Crippen LogP contribution in [0.25, 0.3) is 0 Å². The highest BCUT2D eigenvalue weighted by molar-refractivity contribution is 5.03. The van der Waals surface area contributed by atoms with Gasteiger partial charge in [-0.1, -0.05) is 0 Å². The van der Waals surface area contributed by atoms with E-state index in [0.29, 0.717) is 12.1 Å². The summed E-state index contributed by atoms with van der Waals surface area (Å²) in [5.41, 5.74) is 5.01. The number of aromatic amines is 1. The predicted molar refractivity (Wildman–Crippen MR) is 57.8 cm³/mol. The smallest absolute Gasteiger partial charge is 0.326 e. The zero-order valence-electron chi connectivity index (χ0n) is 8.99. The molecule has 0 spiro atoms. The van der Waals surface area contributed by atoms with E-state index in [2.05, 4.69) is 4.98 Å². The van der Waals surface area contributed by atoms with Crippen LogP contribution in [0.15, 0.2) is 15.8 Å². The van der Waals surface area contributed by atoms with Gasteiger partial charge in [-0.15, -0.1) is 0 Å². The van der Waals surface area contributed by atoms with E-state index in [0.717, 1.165) is 6.54 Å². The van der Waals surface area contributed by atoms with Crippen molar-refractivity contribution >= 4 is 0 Å². The quantitative estimate of drug-likeness (QED) is 0.640. The molecule has 0 atom stereocenters. The molecule has 1 rings (SSSR count). The van der Waals surface area contributed by atoms with Crippen molar-refractivity contribution in [3.05, 3.63) is 32.6 Å². The van der Waals surface area contributed by atoms with Crippen molar-refractivity contribution in [3.8, 4) is 0 Å². The minimum Gasteiger partial charge on any atom is -0.326 e. The van der Waals surface area contributed by atoms with E-state index >= 15 is 0 Å². The van der Waals surface area contributed by atoms with Crippen LogP contribution in [-0.2, 0) is 13.1 Å². The maximum Gasteiger partial charge on any atom is 0.328 e. The van der Waals surface area contributed by atoms with Gasteiger partial charge in [0, 0.05) is 31.4 Å². The summed E-state index contributed by atoms with van der Waals surface area (Å²) in [5, 5.41) is 0. The summed E-state index contributed by atoms with van der Waals surface area (Å²) in [6, 6.07) is 0. The molecule has 15 heavy (non-hydrogen) atoms. The van der Waals surface area contributed by atoms with Crippen molar-refractivity contribution < 1.29 is 0 Å². The second-order valence-corrected chi connectivity index (χ2v) is 3.61. The Balaban J connectivity index is 2.98. The van der Waals surface area contributed by atoms with Gasteiger partial charge < -0.3 is 10.6 Å². The summed E-state index contributed by atoms with van der Waals surface area (Å²) in [4.78, 5) is 26.8. The highest BCUT2D eigenvalue weighted by atomic mass is 16.2. The Morgan fingerprint density at radius 1 is 1.47 bits per heavy atom. The third-order valence-electron chi connectivity index (χ3n) is 2.09. The average Bonchev–Trinajstić information content (AvgIpc) is 2.16. The first-order valence-electron chi connectivity index (χ1n) is 4.72. The number of likely N-dealkylation sites (N-methyl/N-ethyl adjacent to an activating group) is 1. The van der Waals surface area contributed by atoms with Gasteiger partial charge in [0.1, 0.15) is 0 Å². The van der Waals surface area contributed by atoms with Crippen LogP contribution < -0.4 is 17.0 Å². The van der Waals surface area contributed by atoms with Crippen LogP contribution in [0.2, 0.25) is 0 Å². The minimum atomic E-state index is -0.399. The maximum atomic E-state index is 11.4. The molecule has 84 valence electrons. The predicted octanol–water partition coefficient (Wildman–Crippen LogP) is -1.44. The second-order valence-electron chi connectivity index (χ2n) is 3.61. The maximum absolute atomic E-state index is 11.4. The molecule has 0 aliphatic rings. The van der Waals surface area contributed by atoms with Gasteiger partial charge in [0.05, 0.1) is 0 Å². The van der Waals surface area contributed by atoms with Gasteiger partial charge in [-0.2, -0.15) is 0 Å². The Bertz CT molecular complexity index is 432. The number of nitrogens with zero attached hydrogens (tertiary/aromatic N) is 2. The summed E-state index contributed by atoms with van der Waals surface area (Å²) in [5.74, 6) is 0. The van der Waals surface area contributed by atoms with Crippen molar-refractivity contribution in [2.45, 2.75) is 13.1 Å². The number of nitrogens with one attached hydrogen (secondary N) is 1. The van der Waals surface area contributed by atoms with Gasteiger partial charge in [0.25, 0.3) is 5.56 Å². The molecule has 6 heteroatoms. The second kappa shape index (κ2) is 4.90. The molecular weight excluding hydrogens is 196 g/mol. The van der Waals surface area contributed by atoms with E-state index in [1.54, 1.807) is 0 Å². The van der Waals surface area contributed by atoms with Crippen LogP contribution in [0.3, 0.4) is 0 Å². The van der Waals surface area contributed by atoms with Crippen LogP contribution in [-0.4, -0.2) is 35.1 Å². The highest BCUT2D eigenvalue weighted by Crippen LogP contribution is 1.86. The molecule has 0 radical (unpaired) electrons. The Labute approximate surface area is 87.3 Å². The zero-order chi connectivity index (χ0) is 11.4. The summed E-state index contributed by atoms with van der Waals surface area (Å²) in [7, 11) is 3.83. The van der Waals surface area contributed by atoms with Gasteiger partial charge in [0.2, 0.25) is 0 Å². The summed E-state index contributed by atoms with van der Waals surface area (Å²) < 4.78 is 1.46. The van der Waals surface area contributed by atoms with Crippen molar-refractivity contribution in [1.82, 2.24) is 14.5 Å². The summed E-state index contributed by atoms with van der Waals surface area (Å²) in [6.07, 6.45) is 1.52. The Morgan fingerprint density at radius 3 is 2.67 bits per heavy atom. The number of rotatable bonds is 4. The number of hydrogen-bond donors (Lipinski definition) is 2. The van der Waals surface area contributed by atoms with E-state index in [9.17, 15) is 9.59 Å². The lowest BCUT2D eigenvalue weighted by atomic mass is 10.3. The molecule has 0 saturated carbocycles. The SMILES string of the molecule is CN(C)CCn1cc(CN)c(=O)[nH]c1=O. The lowest BCUT2D eigenvalue weighted by Crippen LogP contribution is -2.34. The molecular formula is C9H16N4O2. The van der Waals surface area contributed by atoms with E-state index in [1.807, 2.05) is 19.0 Å². The molecule has 0 aliphatic carbocycles. The van der Waals surface area contributed by atoms with E-state index in [1.165, 1.54) is 10.8 Å². The third kappa shape index (κ3) is 3.03. The summed E-state index contributed by atoms with van der Waals surface area (Å²) >= 11 is 0. The molecule has 0 amide bonds. The zero-order valence-corrected chi connectivity index (χ0v) is 8.99. The standard InChI is InChI=1S/C9H16N4O2/c1-12(2)3-4-13-6-7(5-10)8(14)11-9(13)15/h6H,3-5,10H2,1-2H3,(H,11,14,15). The molecule has 3 N–H and O–H groups in total. The minimum absolute atomic E-state index is 0.136. The van der Waals surface area contributed by atoms with Crippen LogP contribution in [0, 0.1) is 0 Å². The van der Waals surface area contributed by atoms with Crippen molar-refractivity contribution in [1.29, 1.82) is 0 Å². The first-order valence-corrected chi connectivity index (χ1v) is 4.72. The Hall–Kier alpha value is -1.40.